The largest absolute Gasteiger partial charge is 0.350 e. The summed E-state index contributed by atoms with van der Waals surface area (Å²) in [6.45, 7) is 3.83. The first-order valence-electron chi connectivity index (χ1n) is 6.97. The van der Waals surface area contributed by atoms with Crippen molar-refractivity contribution >= 4 is 10.9 Å². The Labute approximate surface area is 128 Å². The SMILES string of the molecule is CC1=C(C#N)C(c2ccc3[nH]ncc3c2)C(C#N)=C(C)N1C. The summed E-state index contributed by atoms with van der Waals surface area (Å²) in [7, 11) is 1.88. The summed E-state index contributed by atoms with van der Waals surface area (Å²) in [4.78, 5) is 1.91. The average molecular weight is 289 g/mol. The van der Waals surface area contributed by atoms with Crippen LogP contribution in [0.3, 0.4) is 0 Å². The summed E-state index contributed by atoms with van der Waals surface area (Å²) in [5.41, 5.74) is 4.89. The van der Waals surface area contributed by atoms with E-state index in [4.69, 9.17) is 0 Å². The Balaban J connectivity index is 2.25. The van der Waals surface area contributed by atoms with Gasteiger partial charge in [-0.3, -0.25) is 5.10 Å². The fraction of sp³-hybridized carbons (Fsp3) is 0.235. The molecule has 0 unspecified atom stereocenters. The van der Waals surface area contributed by atoms with E-state index in [0.29, 0.717) is 11.1 Å². The highest BCUT2D eigenvalue weighted by Crippen LogP contribution is 2.40. The summed E-state index contributed by atoms with van der Waals surface area (Å²) < 4.78 is 0. The highest BCUT2D eigenvalue weighted by Gasteiger charge is 2.31. The second-order valence-electron chi connectivity index (χ2n) is 5.43. The van der Waals surface area contributed by atoms with Gasteiger partial charge in [0, 0.05) is 23.8 Å². The summed E-state index contributed by atoms with van der Waals surface area (Å²) in [5.74, 6) is -0.314. The fourth-order valence-electron chi connectivity index (χ4n) is 2.94. The highest BCUT2D eigenvalue weighted by atomic mass is 15.1. The number of rotatable bonds is 1. The molecular formula is C17H15N5. The van der Waals surface area contributed by atoms with Gasteiger partial charge in [-0.25, -0.2) is 0 Å². The van der Waals surface area contributed by atoms with E-state index >= 15 is 0 Å². The topological polar surface area (TPSA) is 79.5 Å². The average Bonchev–Trinajstić information content (AvgIpc) is 3.00. The molecule has 0 saturated heterocycles. The van der Waals surface area contributed by atoms with Crippen molar-refractivity contribution < 1.29 is 0 Å². The lowest BCUT2D eigenvalue weighted by molar-refractivity contribution is 0.490. The van der Waals surface area contributed by atoms with Crippen molar-refractivity contribution in [3.05, 3.63) is 52.5 Å². The van der Waals surface area contributed by atoms with Gasteiger partial charge in [0.1, 0.15) is 0 Å². The Morgan fingerprint density at radius 1 is 1.14 bits per heavy atom. The minimum absolute atomic E-state index is 0.314. The lowest BCUT2D eigenvalue weighted by Gasteiger charge is -2.32. The first-order chi connectivity index (χ1) is 10.6. The molecule has 0 fully saturated rings. The summed E-state index contributed by atoms with van der Waals surface area (Å²) in [6.07, 6.45) is 1.75. The monoisotopic (exact) mass is 289 g/mol. The third kappa shape index (κ3) is 1.88. The van der Waals surface area contributed by atoms with Crippen molar-refractivity contribution in [2.24, 2.45) is 0 Å². The van der Waals surface area contributed by atoms with Gasteiger partial charge < -0.3 is 4.90 Å². The van der Waals surface area contributed by atoms with Crippen molar-refractivity contribution in [2.45, 2.75) is 19.8 Å². The predicted octanol–water partition coefficient (Wildman–Crippen LogP) is 3.19. The van der Waals surface area contributed by atoms with E-state index in [9.17, 15) is 10.5 Å². The smallest absolute Gasteiger partial charge is 0.0975 e. The minimum atomic E-state index is -0.314. The maximum atomic E-state index is 9.60. The van der Waals surface area contributed by atoms with Gasteiger partial charge in [0.2, 0.25) is 0 Å². The zero-order valence-corrected chi connectivity index (χ0v) is 12.7. The fourth-order valence-corrected chi connectivity index (χ4v) is 2.94. The number of nitriles is 2. The zero-order valence-electron chi connectivity index (χ0n) is 12.7. The predicted molar refractivity (Wildman–Crippen MR) is 83.2 cm³/mol. The highest BCUT2D eigenvalue weighted by molar-refractivity contribution is 5.79. The van der Waals surface area contributed by atoms with Gasteiger partial charge in [0.15, 0.2) is 0 Å². The summed E-state index contributed by atoms with van der Waals surface area (Å²) >= 11 is 0. The lowest BCUT2D eigenvalue weighted by Crippen LogP contribution is -2.25. The Kier molecular flexibility index (Phi) is 3.19. The van der Waals surface area contributed by atoms with Crippen LogP contribution in [0, 0.1) is 22.7 Å². The number of hydrogen-bond acceptors (Lipinski definition) is 4. The number of benzene rings is 1. The van der Waals surface area contributed by atoms with Crippen LogP contribution < -0.4 is 0 Å². The van der Waals surface area contributed by atoms with E-state index in [2.05, 4.69) is 22.3 Å². The van der Waals surface area contributed by atoms with Gasteiger partial charge in [-0.15, -0.1) is 0 Å². The first kappa shape index (κ1) is 13.9. The number of aromatic amines is 1. The van der Waals surface area contributed by atoms with E-state index < -0.39 is 0 Å². The van der Waals surface area contributed by atoms with Crippen LogP contribution in [-0.2, 0) is 0 Å². The molecule has 5 heteroatoms. The van der Waals surface area contributed by atoms with E-state index in [1.807, 2.05) is 44.0 Å². The molecule has 0 bridgehead atoms. The normalized spacial score (nSPS) is 16.1. The van der Waals surface area contributed by atoms with Gasteiger partial charge in [0.05, 0.1) is 40.9 Å². The number of aromatic nitrogens is 2. The van der Waals surface area contributed by atoms with Crippen molar-refractivity contribution in [3.63, 3.8) is 0 Å². The second-order valence-corrected chi connectivity index (χ2v) is 5.43. The van der Waals surface area contributed by atoms with E-state index in [1.165, 1.54) is 0 Å². The quantitative estimate of drug-likeness (QED) is 0.874. The first-order valence-corrected chi connectivity index (χ1v) is 6.97. The number of nitrogens with zero attached hydrogens (tertiary/aromatic N) is 4. The van der Waals surface area contributed by atoms with Crippen LogP contribution in [0.5, 0.6) is 0 Å². The van der Waals surface area contributed by atoms with Gasteiger partial charge in [-0.1, -0.05) is 6.07 Å². The molecule has 2 heterocycles. The number of hydrogen-bond donors (Lipinski definition) is 1. The van der Waals surface area contributed by atoms with Crippen LogP contribution in [0.25, 0.3) is 10.9 Å². The van der Waals surface area contributed by atoms with E-state index in [-0.39, 0.29) is 5.92 Å². The Bertz CT molecular complexity index is 863. The number of allylic oxidation sites excluding steroid dienone is 4. The van der Waals surface area contributed by atoms with Crippen molar-refractivity contribution in [3.8, 4) is 12.1 Å². The van der Waals surface area contributed by atoms with Gasteiger partial charge >= 0.3 is 0 Å². The van der Waals surface area contributed by atoms with Crippen molar-refractivity contribution in [1.29, 1.82) is 10.5 Å². The van der Waals surface area contributed by atoms with E-state index in [1.54, 1.807) is 6.20 Å². The Morgan fingerprint density at radius 2 is 1.77 bits per heavy atom. The maximum absolute atomic E-state index is 9.60. The molecule has 0 radical (unpaired) electrons. The number of fused-ring (bicyclic) bond motifs is 1. The van der Waals surface area contributed by atoms with Crippen LogP contribution >= 0.6 is 0 Å². The number of nitrogens with one attached hydrogen (secondary N) is 1. The Morgan fingerprint density at radius 3 is 2.36 bits per heavy atom. The molecule has 22 heavy (non-hydrogen) atoms. The van der Waals surface area contributed by atoms with Crippen LogP contribution in [0.1, 0.15) is 25.3 Å². The maximum Gasteiger partial charge on any atom is 0.0975 e. The molecule has 0 amide bonds. The molecule has 1 aromatic heterocycles. The third-order valence-electron chi connectivity index (χ3n) is 4.40. The Hall–Kier alpha value is -3.05. The van der Waals surface area contributed by atoms with Crippen LogP contribution in [0.2, 0.25) is 0 Å². The second kappa shape index (κ2) is 5.05. The summed E-state index contributed by atoms with van der Waals surface area (Å²) in [6, 6.07) is 10.5. The molecule has 0 atom stereocenters. The molecule has 108 valence electrons. The molecular weight excluding hydrogens is 274 g/mol. The molecule has 1 N–H and O–H groups in total. The standard InChI is InChI=1S/C17H15N5/c1-10-14(7-18)17(15(8-19)11(2)22(10)3)12-4-5-16-13(6-12)9-20-21-16/h4-6,9,17H,1-3H3,(H,20,21). The van der Waals surface area contributed by atoms with Crippen LogP contribution in [-0.4, -0.2) is 22.1 Å². The molecule has 5 nitrogen and oxygen atoms in total. The molecule has 0 spiro atoms. The van der Waals surface area contributed by atoms with E-state index in [0.717, 1.165) is 27.9 Å². The van der Waals surface area contributed by atoms with Gasteiger partial charge in [-0.2, -0.15) is 15.6 Å². The third-order valence-corrected chi connectivity index (χ3v) is 4.40. The molecule has 0 aliphatic carbocycles. The molecule has 0 saturated carbocycles. The molecule has 1 aliphatic heterocycles. The minimum Gasteiger partial charge on any atom is -0.350 e. The zero-order chi connectivity index (χ0) is 15.9. The number of H-pyrrole nitrogens is 1. The van der Waals surface area contributed by atoms with Crippen LogP contribution in [0.15, 0.2) is 46.9 Å². The van der Waals surface area contributed by atoms with Gasteiger partial charge in [0.25, 0.3) is 0 Å². The molecule has 1 aromatic carbocycles. The lowest BCUT2D eigenvalue weighted by atomic mass is 9.81. The summed E-state index contributed by atoms with van der Waals surface area (Å²) in [5, 5.41) is 27.1. The van der Waals surface area contributed by atoms with Crippen molar-refractivity contribution in [2.75, 3.05) is 7.05 Å². The van der Waals surface area contributed by atoms with Crippen molar-refractivity contribution in [1.82, 2.24) is 15.1 Å². The molecule has 1 aliphatic rings. The van der Waals surface area contributed by atoms with Crippen LogP contribution in [0.4, 0.5) is 0 Å². The van der Waals surface area contributed by atoms with Gasteiger partial charge in [-0.05, 0) is 31.5 Å². The molecule has 2 aromatic rings. The molecule has 3 rings (SSSR count).